The quantitative estimate of drug-likeness (QED) is 0.618. The van der Waals surface area contributed by atoms with E-state index in [0.717, 1.165) is 0 Å². The number of aromatic nitrogens is 1. The third-order valence-electron chi connectivity index (χ3n) is 1.21. The van der Waals surface area contributed by atoms with Gasteiger partial charge in [0.25, 0.3) is 0 Å². The second kappa shape index (κ2) is 3.89. The van der Waals surface area contributed by atoms with E-state index in [1.807, 2.05) is 0 Å². The third-order valence-corrected chi connectivity index (χ3v) is 2.62. The number of rotatable bonds is 2. The zero-order valence-corrected chi connectivity index (χ0v) is 9.33. The van der Waals surface area contributed by atoms with E-state index in [2.05, 4.69) is 20.9 Å². The molecule has 0 saturated carbocycles. The third kappa shape index (κ3) is 3.58. The summed E-state index contributed by atoms with van der Waals surface area (Å²) in [5.74, 6) is -1.39. The maximum Gasteiger partial charge on any atom is 0.236 e. The summed E-state index contributed by atoms with van der Waals surface area (Å²) in [5, 5.41) is 0. The van der Waals surface area contributed by atoms with Gasteiger partial charge in [-0.25, -0.2) is 13.4 Å². The molecule has 0 aromatic carbocycles. The van der Waals surface area contributed by atoms with Crippen LogP contribution in [0.4, 0.5) is 4.39 Å². The van der Waals surface area contributed by atoms with Crippen LogP contribution in [0.5, 0.6) is 0 Å². The van der Waals surface area contributed by atoms with Crippen molar-refractivity contribution in [3.05, 3.63) is 28.2 Å². The highest BCUT2D eigenvalue weighted by atomic mass is 79.9. The minimum absolute atomic E-state index is 0.0515. The number of nitrogens with zero attached hydrogens (tertiary/aromatic N) is 1. The fourth-order valence-electron chi connectivity index (χ4n) is 0.751. The van der Waals surface area contributed by atoms with Gasteiger partial charge in [0, 0.05) is 26.9 Å². The van der Waals surface area contributed by atoms with Gasteiger partial charge in [0.2, 0.25) is 15.0 Å². The van der Waals surface area contributed by atoms with Crippen molar-refractivity contribution in [1.29, 1.82) is 0 Å². The topological polar surface area (TPSA) is 47.0 Å². The van der Waals surface area contributed by atoms with Crippen LogP contribution in [0.1, 0.15) is 5.56 Å². The summed E-state index contributed by atoms with van der Waals surface area (Å²) in [4.78, 5) is 3.33. The zero-order chi connectivity index (χ0) is 10.1. The predicted molar refractivity (Wildman–Crippen MR) is 50.4 cm³/mol. The number of hydrogen-bond donors (Lipinski definition) is 0. The van der Waals surface area contributed by atoms with Crippen LogP contribution >= 0.6 is 26.6 Å². The molecule has 1 aromatic heterocycles. The largest absolute Gasteiger partial charge is 0.236 e. The molecule has 1 aromatic rings. The molecule has 0 aliphatic carbocycles. The summed E-state index contributed by atoms with van der Waals surface area (Å²) < 4.78 is 34.6. The Bertz CT molecular complexity index is 423. The van der Waals surface area contributed by atoms with Crippen molar-refractivity contribution in [3.63, 3.8) is 0 Å². The van der Waals surface area contributed by atoms with E-state index in [1.54, 1.807) is 0 Å². The summed E-state index contributed by atoms with van der Waals surface area (Å²) in [6.07, 6.45) is 1.24. The van der Waals surface area contributed by atoms with E-state index >= 15 is 0 Å². The molecular weight excluding hydrogens is 284 g/mol. The molecule has 0 amide bonds. The molecule has 0 bridgehead atoms. The lowest BCUT2D eigenvalue weighted by molar-refractivity contribution is 0.567. The molecule has 0 aliphatic rings. The minimum atomic E-state index is -3.75. The SMILES string of the molecule is O=S(=O)(Cl)Cc1cc(Br)cnc1F. The van der Waals surface area contributed by atoms with E-state index in [9.17, 15) is 12.8 Å². The highest BCUT2D eigenvalue weighted by Gasteiger charge is 2.12. The average Bonchev–Trinajstić information content (AvgIpc) is 1.94. The molecule has 0 spiro atoms. The Morgan fingerprint density at radius 1 is 1.62 bits per heavy atom. The van der Waals surface area contributed by atoms with Crippen molar-refractivity contribution in [1.82, 2.24) is 4.98 Å². The van der Waals surface area contributed by atoms with Crippen molar-refractivity contribution in [2.24, 2.45) is 0 Å². The minimum Gasteiger partial charge on any atom is -0.227 e. The van der Waals surface area contributed by atoms with Gasteiger partial charge in [-0.05, 0) is 22.0 Å². The zero-order valence-electron chi connectivity index (χ0n) is 6.17. The maximum atomic E-state index is 12.8. The molecule has 0 aliphatic heterocycles. The van der Waals surface area contributed by atoms with Gasteiger partial charge in [0.15, 0.2) is 0 Å². The lowest BCUT2D eigenvalue weighted by Gasteiger charge is -1.99. The molecule has 1 heterocycles. The molecule has 0 saturated heterocycles. The second-order valence-corrected chi connectivity index (χ2v) is 5.98. The molecule has 72 valence electrons. The highest BCUT2D eigenvalue weighted by Crippen LogP contribution is 2.16. The van der Waals surface area contributed by atoms with E-state index in [1.165, 1.54) is 12.3 Å². The first-order chi connectivity index (χ1) is 5.88. The van der Waals surface area contributed by atoms with Gasteiger partial charge >= 0.3 is 0 Å². The second-order valence-electron chi connectivity index (χ2n) is 2.29. The van der Waals surface area contributed by atoms with Crippen molar-refractivity contribution in [3.8, 4) is 0 Å². The summed E-state index contributed by atoms with van der Waals surface area (Å²) in [6.45, 7) is 0. The Morgan fingerprint density at radius 3 is 2.77 bits per heavy atom. The number of pyridine rings is 1. The molecule has 0 N–H and O–H groups in total. The standard InChI is InChI=1S/C6H4BrClFNO2S/c7-5-1-4(3-13(8,11)12)6(9)10-2-5/h1-2H,3H2. The average molecular weight is 289 g/mol. The lowest BCUT2D eigenvalue weighted by atomic mass is 10.3. The monoisotopic (exact) mass is 287 g/mol. The molecule has 3 nitrogen and oxygen atoms in total. The van der Waals surface area contributed by atoms with Gasteiger partial charge in [0.05, 0.1) is 5.75 Å². The van der Waals surface area contributed by atoms with Crippen LogP contribution in [-0.4, -0.2) is 13.4 Å². The molecule has 0 fully saturated rings. The molecule has 0 atom stereocenters. The van der Waals surface area contributed by atoms with Gasteiger partial charge < -0.3 is 0 Å². The lowest BCUT2D eigenvalue weighted by Crippen LogP contribution is -2.00. The molecule has 1 rings (SSSR count). The maximum absolute atomic E-state index is 12.8. The fraction of sp³-hybridized carbons (Fsp3) is 0.167. The van der Waals surface area contributed by atoms with Crippen LogP contribution in [-0.2, 0) is 14.8 Å². The summed E-state index contributed by atoms with van der Waals surface area (Å²) in [6, 6.07) is 1.32. The smallest absolute Gasteiger partial charge is 0.227 e. The van der Waals surface area contributed by atoms with E-state index in [-0.39, 0.29) is 5.56 Å². The molecule has 13 heavy (non-hydrogen) atoms. The van der Waals surface area contributed by atoms with Crippen molar-refractivity contribution in [2.75, 3.05) is 0 Å². The van der Waals surface area contributed by atoms with Crippen LogP contribution in [0, 0.1) is 5.95 Å². The van der Waals surface area contributed by atoms with Crippen molar-refractivity contribution < 1.29 is 12.8 Å². The molecule has 0 radical (unpaired) electrons. The Kier molecular flexibility index (Phi) is 3.26. The highest BCUT2D eigenvalue weighted by molar-refractivity contribution is 9.10. The van der Waals surface area contributed by atoms with Gasteiger partial charge in [-0.2, -0.15) is 4.39 Å². The normalized spacial score (nSPS) is 11.6. The van der Waals surface area contributed by atoms with Gasteiger partial charge in [-0.1, -0.05) is 0 Å². The van der Waals surface area contributed by atoms with Crippen LogP contribution in [0.15, 0.2) is 16.7 Å². The number of halogens is 3. The van der Waals surface area contributed by atoms with Gasteiger partial charge in [-0.3, -0.25) is 0 Å². The molecule has 7 heteroatoms. The van der Waals surface area contributed by atoms with Crippen molar-refractivity contribution >= 4 is 35.7 Å². The van der Waals surface area contributed by atoms with Crippen molar-refractivity contribution in [2.45, 2.75) is 5.75 Å². The van der Waals surface area contributed by atoms with E-state index in [0.29, 0.717) is 4.47 Å². The summed E-state index contributed by atoms with van der Waals surface area (Å²) in [7, 11) is 1.21. The van der Waals surface area contributed by atoms with Crippen LogP contribution < -0.4 is 0 Å². The van der Waals surface area contributed by atoms with Crippen LogP contribution in [0.2, 0.25) is 0 Å². The Labute approximate surface area is 87.5 Å². The van der Waals surface area contributed by atoms with Crippen LogP contribution in [0.3, 0.4) is 0 Å². The molecular formula is C6H4BrClFNO2S. The Hall–Kier alpha value is -0.200. The number of hydrogen-bond acceptors (Lipinski definition) is 3. The van der Waals surface area contributed by atoms with E-state index < -0.39 is 20.8 Å². The Morgan fingerprint density at radius 2 is 2.23 bits per heavy atom. The summed E-state index contributed by atoms with van der Waals surface area (Å²) >= 11 is 3.04. The Balaban J connectivity index is 3.08. The fourth-order valence-corrected chi connectivity index (χ4v) is 2.06. The van der Waals surface area contributed by atoms with E-state index in [4.69, 9.17) is 10.7 Å². The first kappa shape index (κ1) is 10.9. The first-order valence-corrected chi connectivity index (χ1v) is 6.38. The predicted octanol–water partition coefficient (Wildman–Crippen LogP) is 2.05. The van der Waals surface area contributed by atoms with Gasteiger partial charge in [0.1, 0.15) is 0 Å². The first-order valence-electron chi connectivity index (χ1n) is 3.11. The van der Waals surface area contributed by atoms with Crippen LogP contribution in [0.25, 0.3) is 0 Å². The summed E-state index contributed by atoms with van der Waals surface area (Å²) in [5.41, 5.74) is -0.0515. The van der Waals surface area contributed by atoms with Gasteiger partial charge in [-0.15, -0.1) is 0 Å². The molecule has 0 unspecified atom stereocenters.